The lowest BCUT2D eigenvalue weighted by Gasteiger charge is -2.30. The van der Waals surface area contributed by atoms with E-state index < -0.39 is 4.75 Å². The summed E-state index contributed by atoms with van der Waals surface area (Å²) in [4.78, 5) is 12.9. The Morgan fingerprint density at radius 3 is 2.72 bits per heavy atom. The Kier molecular flexibility index (Phi) is 5.75. The number of hydrogen-bond acceptors (Lipinski definition) is 2. The molecule has 132 valence electrons. The average Bonchev–Trinajstić information content (AvgIpc) is 2.61. The Bertz CT molecular complexity index is 759. The van der Waals surface area contributed by atoms with Crippen LogP contribution in [0, 0.1) is 0 Å². The van der Waals surface area contributed by atoms with Crippen LogP contribution in [-0.2, 0) is 17.0 Å². The molecule has 2 aromatic rings. The van der Waals surface area contributed by atoms with Crippen LogP contribution in [0.25, 0.3) is 0 Å². The Labute approximate surface area is 159 Å². The van der Waals surface area contributed by atoms with Crippen LogP contribution >= 0.6 is 23.4 Å². The Balaban J connectivity index is 1.65. The first kappa shape index (κ1) is 18.3. The summed E-state index contributed by atoms with van der Waals surface area (Å²) in [5, 5.41) is 4.03. The van der Waals surface area contributed by atoms with E-state index in [9.17, 15) is 4.79 Å². The minimum absolute atomic E-state index is 0.0891. The normalized spacial score (nSPS) is 17.0. The van der Waals surface area contributed by atoms with Crippen molar-refractivity contribution in [2.75, 3.05) is 0 Å². The second kappa shape index (κ2) is 7.84. The highest BCUT2D eigenvalue weighted by Crippen LogP contribution is 2.34. The summed E-state index contributed by atoms with van der Waals surface area (Å²) >= 11 is 7.86. The molecule has 0 aliphatic heterocycles. The fourth-order valence-corrected chi connectivity index (χ4v) is 4.41. The van der Waals surface area contributed by atoms with Crippen LogP contribution in [0.2, 0.25) is 5.02 Å². The number of amides is 1. The van der Waals surface area contributed by atoms with Gasteiger partial charge in [0.15, 0.2) is 0 Å². The zero-order valence-corrected chi connectivity index (χ0v) is 16.3. The van der Waals surface area contributed by atoms with Gasteiger partial charge in [0.2, 0.25) is 5.91 Å². The number of thioether (sulfide) groups is 1. The van der Waals surface area contributed by atoms with Crippen LogP contribution in [0.3, 0.4) is 0 Å². The maximum atomic E-state index is 12.9. The summed E-state index contributed by atoms with van der Waals surface area (Å²) in [5.41, 5.74) is 3.70. The SMILES string of the molecule is CC(C)(SCc1ccccc1Cl)C(=O)NC1CCCc2ccccc21. The maximum absolute atomic E-state index is 12.9. The molecule has 0 fully saturated rings. The van der Waals surface area contributed by atoms with Gasteiger partial charge in [-0.25, -0.2) is 0 Å². The summed E-state index contributed by atoms with van der Waals surface area (Å²) in [6.07, 6.45) is 3.23. The van der Waals surface area contributed by atoms with E-state index in [1.807, 2.05) is 38.1 Å². The standard InChI is InChI=1S/C21H24ClNOS/c1-21(2,25-14-16-9-4-6-12-18(16)22)20(24)23-19-13-7-10-15-8-3-5-11-17(15)19/h3-6,8-9,11-12,19H,7,10,13-14H2,1-2H3,(H,23,24). The van der Waals surface area contributed by atoms with Crippen LogP contribution in [0.15, 0.2) is 48.5 Å². The smallest absolute Gasteiger partial charge is 0.236 e. The molecule has 3 rings (SSSR count). The van der Waals surface area contributed by atoms with Crippen molar-refractivity contribution in [2.24, 2.45) is 0 Å². The molecule has 0 heterocycles. The van der Waals surface area contributed by atoms with E-state index in [1.54, 1.807) is 11.8 Å². The minimum atomic E-state index is -0.508. The molecule has 1 unspecified atom stereocenters. The first-order chi connectivity index (χ1) is 12.0. The van der Waals surface area contributed by atoms with Crippen LogP contribution in [0.4, 0.5) is 0 Å². The van der Waals surface area contributed by atoms with Gasteiger partial charge in [-0.3, -0.25) is 4.79 Å². The topological polar surface area (TPSA) is 29.1 Å². The van der Waals surface area contributed by atoms with Gasteiger partial charge in [-0.05, 0) is 55.9 Å². The Morgan fingerprint density at radius 2 is 1.92 bits per heavy atom. The summed E-state index contributed by atoms with van der Waals surface area (Å²) in [6, 6.07) is 16.4. The number of nitrogens with one attached hydrogen (secondary N) is 1. The van der Waals surface area contributed by atoms with Gasteiger partial charge in [0.25, 0.3) is 0 Å². The van der Waals surface area contributed by atoms with E-state index in [4.69, 9.17) is 11.6 Å². The van der Waals surface area contributed by atoms with Gasteiger partial charge in [0.05, 0.1) is 10.8 Å². The number of aryl methyl sites for hydroxylation is 1. The summed E-state index contributed by atoms with van der Waals surface area (Å²) in [6.45, 7) is 3.97. The van der Waals surface area contributed by atoms with Crippen molar-refractivity contribution in [1.29, 1.82) is 0 Å². The van der Waals surface area contributed by atoms with Crippen molar-refractivity contribution in [2.45, 2.75) is 49.7 Å². The molecule has 25 heavy (non-hydrogen) atoms. The van der Waals surface area contributed by atoms with Crippen LogP contribution in [-0.4, -0.2) is 10.7 Å². The van der Waals surface area contributed by atoms with Gasteiger partial charge < -0.3 is 5.32 Å². The van der Waals surface area contributed by atoms with Gasteiger partial charge in [-0.2, -0.15) is 0 Å². The average molecular weight is 374 g/mol. The third-order valence-electron chi connectivity index (χ3n) is 4.77. The van der Waals surface area contributed by atoms with Crippen molar-refractivity contribution in [3.8, 4) is 0 Å². The van der Waals surface area contributed by atoms with Crippen molar-refractivity contribution < 1.29 is 4.79 Å². The molecule has 1 N–H and O–H groups in total. The van der Waals surface area contributed by atoms with Gasteiger partial charge >= 0.3 is 0 Å². The number of fused-ring (bicyclic) bond motifs is 1. The molecule has 0 saturated carbocycles. The monoisotopic (exact) mass is 373 g/mol. The summed E-state index contributed by atoms with van der Waals surface area (Å²) in [7, 11) is 0. The molecule has 1 aliphatic carbocycles. The lowest BCUT2D eigenvalue weighted by Crippen LogP contribution is -2.42. The van der Waals surface area contributed by atoms with Crippen LogP contribution in [0.5, 0.6) is 0 Å². The van der Waals surface area contributed by atoms with Gasteiger partial charge in [-0.1, -0.05) is 54.1 Å². The third kappa shape index (κ3) is 4.39. The number of hydrogen-bond donors (Lipinski definition) is 1. The zero-order chi connectivity index (χ0) is 17.9. The number of carbonyl (C=O) groups is 1. The van der Waals surface area contributed by atoms with Crippen molar-refractivity contribution >= 4 is 29.3 Å². The number of halogens is 1. The van der Waals surface area contributed by atoms with Crippen LogP contribution in [0.1, 0.15) is 49.4 Å². The third-order valence-corrected chi connectivity index (χ3v) is 6.50. The highest BCUT2D eigenvalue weighted by Gasteiger charge is 2.31. The Hall–Kier alpha value is -1.45. The second-order valence-corrected chi connectivity index (χ2v) is 9.01. The summed E-state index contributed by atoms with van der Waals surface area (Å²) < 4.78 is -0.508. The molecule has 0 bridgehead atoms. The lowest BCUT2D eigenvalue weighted by atomic mass is 9.87. The highest BCUT2D eigenvalue weighted by atomic mass is 35.5. The molecule has 0 radical (unpaired) electrons. The molecule has 1 amide bonds. The van der Waals surface area contributed by atoms with E-state index in [0.717, 1.165) is 35.6 Å². The number of rotatable bonds is 5. The molecule has 0 aromatic heterocycles. The first-order valence-electron chi connectivity index (χ1n) is 8.73. The first-order valence-corrected chi connectivity index (χ1v) is 10.1. The minimum Gasteiger partial charge on any atom is -0.348 e. The van der Waals surface area contributed by atoms with E-state index >= 15 is 0 Å². The van der Waals surface area contributed by atoms with E-state index in [1.165, 1.54) is 11.1 Å². The molecule has 2 nitrogen and oxygen atoms in total. The lowest BCUT2D eigenvalue weighted by molar-refractivity contribution is -0.123. The fourth-order valence-electron chi connectivity index (χ4n) is 3.18. The van der Waals surface area contributed by atoms with E-state index in [0.29, 0.717) is 0 Å². The molecule has 1 atom stereocenters. The largest absolute Gasteiger partial charge is 0.348 e. The predicted octanol–water partition coefficient (Wildman–Crippen LogP) is 5.55. The molecule has 1 aliphatic rings. The molecule has 4 heteroatoms. The zero-order valence-electron chi connectivity index (χ0n) is 14.7. The fraction of sp³-hybridized carbons (Fsp3) is 0.381. The van der Waals surface area contributed by atoms with E-state index in [-0.39, 0.29) is 11.9 Å². The van der Waals surface area contributed by atoms with Gasteiger partial charge in [0.1, 0.15) is 0 Å². The number of benzene rings is 2. The van der Waals surface area contributed by atoms with Gasteiger partial charge in [-0.15, -0.1) is 11.8 Å². The molecule has 0 saturated heterocycles. The van der Waals surface area contributed by atoms with E-state index in [2.05, 4.69) is 29.6 Å². The maximum Gasteiger partial charge on any atom is 0.236 e. The predicted molar refractivity (Wildman–Crippen MR) is 107 cm³/mol. The molecule has 2 aromatic carbocycles. The quantitative estimate of drug-likeness (QED) is 0.744. The van der Waals surface area contributed by atoms with Crippen molar-refractivity contribution in [3.63, 3.8) is 0 Å². The van der Waals surface area contributed by atoms with Gasteiger partial charge in [0, 0.05) is 10.8 Å². The molecule has 0 spiro atoms. The second-order valence-electron chi connectivity index (χ2n) is 7.01. The summed E-state index contributed by atoms with van der Waals surface area (Å²) in [5.74, 6) is 0.813. The highest BCUT2D eigenvalue weighted by molar-refractivity contribution is 8.00. The Morgan fingerprint density at radius 1 is 1.20 bits per heavy atom. The van der Waals surface area contributed by atoms with Crippen molar-refractivity contribution in [3.05, 3.63) is 70.2 Å². The molecular formula is C21H24ClNOS. The van der Waals surface area contributed by atoms with Crippen LogP contribution < -0.4 is 5.32 Å². The number of carbonyl (C=O) groups excluding carboxylic acids is 1. The van der Waals surface area contributed by atoms with Crippen molar-refractivity contribution in [1.82, 2.24) is 5.32 Å². The molecular weight excluding hydrogens is 350 g/mol.